The van der Waals surface area contributed by atoms with Crippen molar-refractivity contribution in [2.75, 3.05) is 13.2 Å². The summed E-state index contributed by atoms with van der Waals surface area (Å²) in [6.45, 7) is 3.58. The van der Waals surface area contributed by atoms with Crippen LogP contribution in [-0.4, -0.2) is 45.3 Å². The van der Waals surface area contributed by atoms with Crippen LogP contribution in [-0.2, 0) is 9.59 Å². The van der Waals surface area contributed by atoms with Crippen LogP contribution in [0.15, 0.2) is 71.1 Å². The molecule has 0 aliphatic carbocycles. The van der Waals surface area contributed by atoms with Crippen molar-refractivity contribution in [2.24, 2.45) is 4.99 Å². The highest BCUT2D eigenvalue weighted by Crippen LogP contribution is 2.34. The van der Waals surface area contributed by atoms with Crippen LogP contribution in [0, 0.1) is 0 Å². The number of hydrogen-bond acceptors (Lipinski definition) is 6. The Morgan fingerprint density at radius 3 is 2.66 bits per heavy atom. The maximum Gasteiger partial charge on any atom is 0.341 e. The Balaban J connectivity index is 1.83. The normalized spacial score (nSPS) is 16.4. The Kier molecular flexibility index (Phi) is 6.36. The van der Waals surface area contributed by atoms with Crippen LogP contribution < -0.4 is 4.74 Å². The van der Waals surface area contributed by atoms with Gasteiger partial charge >= 0.3 is 5.97 Å². The van der Waals surface area contributed by atoms with E-state index in [2.05, 4.69) is 11.6 Å². The van der Waals surface area contributed by atoms with Gasteiger partial charge in [0.1, 0.15) is 11.5 Å². The highest BCUT2D eigenvalue weighted by Gasteiger charge is 2.32. The molecule has 0 unspecified atom stereocenters. The van der Waals surface area contributed by atoms with Crippen LogP contribution in [0.4, 0.5) is 5.69 Å². The van der Waals surface area contributed by atoms with Crippen LogP contribution >= 0.6 is 11.8 Å². The lowest BCUT2D eigenvalue weighted by molar-refractivity contribution is -0.139. The second-order valence-corrected chi connectivity index (χ2v) is 6.99. The third-order valence-electron chi connectivity index (χ3n) is 3.79. The number of amides is 1. The fourth-order valence-electron chi connectivity index (χ4n) is 2.51. The van der Waals surface area contributed by atoms with Gasteiger partial charge in [0, 0.05) is 12.6 Å². The molecule has 2 N–H and O–H groups in total. The van der Waals surface area contributed by atoms with Crippen molar-refractivity contribution in [3.8, 4) is 11.5 Å². The number of rotatable bonds is 7. The molecule has 1 saturated heterocycles. The van der Waals surface area contributed by atoms with Crippen molar-refractivity contribution < 1.29 is 24.5 Å². The number of phenols is 1. The van der Waals surface area contributed by atoms with Crippen molar-refractivity contribution in [3.63, 3.8) is 0 Å². The third-order valence-corrected chi connectivity index (χ3v) is 4.80. The minimum Gasteiger partial charge on any atom is -0.508 e. The zero-order chi connectivity index (χ0) is 20.8. The van der Waals surface area contributed by atoms with Crippen LogP contribution in [0.3, 0.4) is 0 Å². The molecule has 0 atom stereocenters. The summed E-state index contributed by atoms with van der Waals surface area (Å²) in [6.07, 6.45) is 3.35. The molecule has 0 saturated carbocycles. The van der Waals surface area contributed by atoms with Gasteiger partial charge in [0.05, 0.1) is 10.6 Å². The summed E-state index contributed by atoms with van der Waals surface area (Å²) < 4.78 is 5.10. The molecule has 0 spiro atoms. The number of benzene rings is 2. The van der Waals surface area contributed by atoms with Crippen LogP contribution in [0.2, 0.25) is 0 Å². The quantitative estimate of drug-likeness (QED) is 0.534. The Morgan fingerprint density at radius 2 is 2.00 bits per heavy atom. The summed E-state index contributed by atoms with van der Waals surface area (Å²) in [5.74, 6) is -0.721. The van der Waals surface area contributed by atoms with E-state index < -0.39 is 12.6 Å². The van der Waals surface area contributed by atoms with E-state index in [0.717, 1.165) is 5.56 Å². The summed E-state index contributed by atoms with van der Waals surface area (Å²) in [5, 5.41) is 18.8. The molecular weight excluding hydrogens is 392 g/mol. The largest absolute Gasteiger partial charge is 0.508 e. The minimum absolute atomic E-state index is 0.0948. The molecule has 3 rings (SSSR count). The van der Waals surface area contributed by atoms with Crippen LogP contribution in [0.5, 0.6) is 11.5 Å². The van der Waals surface area contributed by atoms with Crippen molar-refractivity contribution in [3.05, 3.63) is 71.7 Å². The number of carbonyl (C=O) groups excluding carboxylic acids is 1. The van der Waals surface area contributed by atoms with E-state index >= 15 is 0 Å². The monoisotopic (exact) mass is 410 g/mol. The molecule has 29 heavy (non-hydrogen) atoms. The molecule has 1 aliphatic heterocycles. The number of amidine groups is 1. The summed E-state index contributed by atoms with van der Waals surface area (Å²) >= 11 is 1.23. The standard InChI is InChI=1S/C21H18N2O5S/c1-2-10-23-20(27)18(29-21(23)22-15-4-3-5-16(24)12-15)11-14-6-8-17(9-7-14)28-13-19(25)26/h2-9,11-12,24H,1,10,13H2,(H,25,26). The third kappa shape index (κ3) is 5.26. The average Bonchev–Trinajstić information content (AvgIpc) is 2.96. The number of aliphatic carboxylic acids is 1. The first-order valence-corrected chi connectivity index (χ1v) is 9.42. The van der Waals surface area contributed by atoms with Gasteiger partial charge in [-0.25, -0.2) is 9.79 Å². The first-order valence-electron chi connectivity index (χ1n) is 8.61. The molecule has 1 amide bonds. The van der Waals surface area contributed by atoms with Crippen molar-refractivity contribution in [2.45, 2.75) is 0 Å². The Bertz CT molecular complexity index is 998. The molecule has 8 heteroatoms. The lowest BCUT2D eigenvalue weighted by atomic mass is 10.2. The van der Waals surface area contributed by atoms with Gasteiger partial charge in [-0.15, -0.1) is 6.58 Å². The summed E-state index contributed by atoms with van der Waals surface area (Å²) in [7, 11) is 0. The van der Waals surface area contributed by atoms with Gasteiger partial charge < -0.3 is 14.9 Å². The number of phenolic OH excluding ortho intramolecular Hbond substituents is 1. The highest BCUT2D eigenvalue weighted by atomic mass is 32.2. The first kappa shape index (κ1) is 20.2. The van der Waals surface area contributed by atoms with E-state index in [0.29, 0.717) is 28.1 Å². The summed E-state index contributed by atoms with van der Waals surface area (Å²) in [6, 6.07) is 13.2. The lowest BCUT2D eigenvalue weighted by Crippen LogP contribution is -2.29. The maximum atomic E-state index is 12.8. The number of aliphatic imine (C=N–C) groups is 1. The van der Waals surface area contributed by atoms with E-state index in [1.165, 1.54) is 22.7 Å². The Labute approximate surface area is 171 Å². The smallest absolute Gasteiger partial charge is 0.341 e. The molecule has 2 aromatic rings. The second-order valence-electron chi connectivity index (χ2n) is 5.98. The van der Waals surface area contributed by atoms with E-state index in [4.69, 9.17) is 9.84 Å². The number of hydrogen-bond donors (Lipinski definition) is 2. The van der Waals surface area contributed by atoms with Crippen molar-refractivity contribution >= 4 is 40.6 Å². The van der Waals surface area contributed by atoms with Crippen molar-refractivity contribution in [1.29, 1.82) is 0 Å². The van der Waals surface area contributed by atoms with E-state index in [-0.39, 0.29) is 11.7 Å². The van der Waals surface area contributed by atoms with E-state index in [1.54, 1.807) is 54.6 Å². The molecule has 1 heterocycles. The molecule has 0 aromatic heterocycles. The van der Waals surface area contributed by atoms with Gasteiger partial charge in [0.2, 0.25) is 0 Å². The topological polar surface area (TPSA) is 99.4 Å². The van der Waals surface area contributed by atoms with Crippen molar-refractivity contribution in [1.82, 2.24) is 4.90 Å². The van der Waals surface area contributed by atoms with Gasteiger partial charge in [-0.1, -0.05) is 24.3 Å². The van der Waals surface area contributed by atoms with Gasteiger partial charge in [0.15, 0.2) is 11.8 Å². The number of ether oxygens (including phenoxy) is 1. The number of aromatic hydroxyl groups is 1. The Hall–Kier alpha value is -3.52. The molecule has 1 aliphatic rings. The molecule has 0 bridgehead atoms. The predicted molar refractivity (Wildman–Crippen MR) is 112 cm³/mol. The molecular formula is C21H18N2O5S. The SMILES string of the molecule is C=CCN1C(=O)C(=Cc2ccc(OCC(=O)O)cc2)SC1=Nc1cccc(O)c1. The van der Waals surface area contributed by atoms with Gasteiger partial charge in [-0.3, -0.25) is 9.69 Å². The molecule has 7 nitrogen and oxygen atoms in total. The Morgan fingerprint density at radius 1 is 1.24 bits per heavy atom. The predicted octanol–water partition coefficient (Wildman–Crippen LogP) is 3.65. The molecule has 1 fully saturated rings. The molecule has 148 valence electrons. The lowest BCUT2D eigenvalue weighted by Gasteiger charge is -2.12. The van der Waals surface area contributed by atoms with Crippen LogP contribution in [0.1, 0.15) is 5.56 Å². The first-order chi connectivity index (χ1) is 14.0. The maximum absolute atomic E-state index is 12.8. The minimum atomic E-state index is -1.05. The van der Waals surface area contributed by atoms with Gasteiger partial charge in [-0.05, 0) is 47.7 Å². The highest BCUT2D eigenvalue weighted by molar-refractivity contribution is 8.18. The molecule has 0 radical (unpaired) electrons. The van der Waals surface area contributed by atoms with E-state index in [1.807, 2.05) is 0 Å². The number of nitrogens with zero attached hydrogens (tertiary/aromatic N) is 2. The number of carboxylic acid groups (broad SMARTS) is 1. The summed E-state index contributed by atoms with van der Waals surface area (Å²) in [5.41, 5.74) is 1.30. The number of carbonyl (C=O) groups is 2. The zero-order valence-corrected chi connectivity index (χ0v) is 16.1. The summed E-state index contributed by atoms with van der Waals surface area (Å²) in [4.78, 5) is 29.8. The fraction of sp³-hybridized carbons (Fsp3) is 0.0952. The number of thioether (sulfide) groups is 1. The fourth-order valence-corrected chi connectivity index (χ4v) is 3.52. The van der Waals surface area contributed by atoms with Gasteiger partial charge in [0.25, 0.3) is 5.91 Å². The second kappa shape index (κ2) is 9.11. The van der Waals surface area contributed by atoms with E-state index in [9.17, 15) is 14.7 Å². The van der Waals surface area contributed by atoms with Crippen LogP contribution in [0.25, 0.3) is 6.08 Å². The average molecular weight is 410 g/mol. The number of carboxylic acids is 1. The zero-order valence-electron chi connectivity index (χ0n) is 15.3. The molecule has 2 aromatic carbocycles. The van der Waals surface area contributed by atoms with Gasteiger partial charge in [-0.2, -0.15) is 0 Å².